The van der Waals surface area contributed by atoms with Crippen LogP contribution in [0.25, 0.3) is 0 Å². The molecule has 0 aliphatic heterocycles. The van der Waals surface area contributed by atoms with Crippen molar-refractivity contribution in [3.8, 4) is 17.6 Å². The summed E-state index contributed by atoms with van der Waals surface area (Å²) in [7, 11) is 0. The van der Waals surface area contributed by atoms with Crippen LogP contribution < -0.4 is 4.74 Å². The fourth-order valence-electron chi connectivity index (χ4n) is 2.35. The van der Waals surface area contributed by atoms with Crippen LogP contribution in [-0.2, 0) is 6.42 Å². The molecule has 4 heteroatoms. The normalized spacial score (nSPS) is 12.9. The third-order valence-corrected chi connectivity index (χ3v) is 3.55. The zero-order valence-corrected chi connectivity index (χ0v) is 11.3. The van der Waals surface area contributed by atoms with E-state index in [4.69, 9.17) is 21.6 Å². The van der Waals surface area contributed by atoms with Gasteiger partial charge in [-0.3, -0.25) is 4.79 Å². The molecule has 0 atom stereocenters. The Balaban J connectivity index is 2.03. The molecule has 0 amide bonds. The number of fused-ring (bicyclic) bond motifs is 1. The van der Waals surface area contributed by atoms with E-state index in [-0.39, 0.29) is 5.78 Å². The minimum atomic E-state index is 0.136. The minimum Gasteiger partial charge on any atom is -0.456 e. The lowest BCUT2D eigenvalue weighted by atomic mass is 10.1. The number of ketones is 1. The van der Waals surface area contributed by atoms with Gasteiger partial charge in [-0.2, -0.15) is 5.26 Å². The molecule has 0 heterocycles. The number of nitriles is 1. The average Bonchev–Trinajstić information content (AvgIpc) is 2.82. The Morgan fingerprint density at radius 1 is 1.15 bits per heavy atom. The molecule has 0 bridgehead atoms. The van der Waals surface area contributed by atoms with Crippen molar-refractivity contribution in [3.63, 3.8) is 0 Å². The number of benzene rings is 2. The number of hydrogen-bond acceptors (Lipinski definition) is 3. The second-order valence-corrected chi connectivity index (χ2v) is 5.00. The first-order valence-electron chi connectivity index (χ1n) is 6.21. The van der Waals surface area contributed by atoms with Gasteiger partial charge in [0.05, 0.1) is 5.56 Å². The summed E-state index contributed by atoms with van der Waals surface area (Å²) in [6.45, 7) is 0. The maximum absolute atomic E-state index is 11.7. The van der Waals surface area contributed by atoms with Crippen LogP contribution in [0.15, 0.2) is 36.4 Å². The van der Waals surface area contributed by atoms with Crippen molar-refractivity contribution < 1.29 is 9.53 Å². The fourth-order valence-corrected chi connectivity index (χ4v) is 2.51. The Bertz CT molecular complexity index is 747. The summed E-state index contributed by atoms with van der Waals surface area (Å²) >= 11 is 5.94. The van der Waals surface area contributed by atoms with Crippen LogP contribution in [-0.4, -0.2) is 5.78 Å². The van der Waals surface area contributed by atoms with E-state index >= 15 is 0 Å². The average molecular weight is 284 g/mol. The number of Topliss-reactive ketones (excluding diaryl/α,β-unsaturated/α-hetero) is 1. The Kier molecular flexibility index (Phi) is 3.17. The highest BCUT2D eigenvalue weighted by molar-refractivity contribution is 6.30. The van der Waals surface area contributed by atoms with E-state index in [0.29, 0.717) is 40.5 Å². The van der Waals surface area contributed by atoms with Gasteiger partial charge in [-0.15, -0.1) is 0 Å². The van der Waals surface area contributed by atoms with Crippen LogP contribution in [0.1, 0.15) is 27.9 Å². The van der Waals surface area contributed by atoms with Crippen LogP contribution in [0.3, 0.4) is 0 Å². The van der Waals surface area contributed by atoms with Gasteiger partial charge in [0.1, 0.15) is 17.6 Å². The summed E-state index contributed by atoms with van der Waals surface area (Å²) in [5.41, 5.74) is 2.03. The molecule has 3 nitrogen and oxygen atoms in total. The Morgan fingerprint density at radius 2 is 2.00 bits per heavy atom. The van der Waals surface area contributed by atoms with Gasteiger partial charge >= 0.3 is 0 Å². The lowest BCUT2D eigenvalue weighted by Crippen LogP contribution is -1.94. The molecule has 0 N–H and O–H groups in total. The Hall–Kier alpha value is -2.31. The fraction of sp³-hybridized carbons (Fsp3) is 0.125. The smallest absolute Gasteiger partial charge is 0.163 e. The SMILES string of the molecule is N#Cc1ccc(Cl)cc1Oc1cccc2c1CCC2=O. The predicted molar refractivity (Wildman–Crippen MR) is 75.3 cm³/mol. The van der Waals surface area contributed by atoms with Crippen LogP contribution in [0.4, 0.5) is 0 Å². The van der Waals surface area contributed by atoms with E-state index in [1.807, 2.05) is 0 Å². The van der Waals surface area contributed by atoms with E-state index < -0.39 is 0 Å². The maximum atomic E-state index is 11.7. The molecule has 2 aromatic rings. The van der Waals surface area contributed by atoms with Crippen molar-refractivity contribution in [2.75, 3.05) is 0 Å². The summed E-state index contributed by atoms with van der Waals surface area (Å²) in [5.74, 6) is 1.16. The number of nitrogens with zero attached hydrogens (tertiary/aromatic N) is 1. The summed E-state index contributed by atoms with van der Waals surface area (Å²) < 4.78 is 5.81. The van der Waals surface area contributed by atoms with Gasteiger partial charge in [0.15, 0.2) is 5.78 Å². The van der Waals surface area contributed by atoms with Crippen molar-refractivity contribution in [1.29, 1.82) is 5.26 Å². The van der Waals surface area contributed by atoms with Crippen LogP contribution >= 0.6 is 11.6 Å². The lowest BCUT2D eigenvalue weighted by molar-refractivity contribution is 0.0994. The highest BCUT2D eigenvalue weighted by Crippen LogP contribution is 2.35. The van der Waals surface area contributed by atoms with E-state index in [0.717, 1.165) is 5.56 Å². The molecule has 0 saturated heterocycles. The van der Waals surface area contributed by atoms with Crippen molar-refractivity contribution in [1.82, 2.24) is 0 Å². The monoisotopic (exact) mass is 283 g/mol. The van der Waals surface area contributed by atoms with E-state index in [2.05, 4.69) is 6.07 Å². The van der Waals surface area contributed by atoms with Gasteiger partial charge in [0.25, 0.3) is 0 Å². The van der Waals surface area contributed by atoms with Crippen molar-refractivity contribution in [2.45, 2.75) is 12.8 Å². The van der Waals surface area contributed by atoms with Gasteiger partial charge in [-0.1, -0.05) is 23.7 Å². The van der Waals surface area contributed by atoms with Gasteiger partial charge < -0.3 is 4.74 Å². The molecule has 0 saturated carbocycles. The van der Waals surface area contributed by atoms with Crippen molar-refractivity contribution in [2.24, 2.45) is 0 Å². The number of halogens is 1. The molecule has 0 aromatic heterocycles. The lowest BCUT2D eigenvalue weighted by Gasteiger charge is -2.11. The molecule has 1 aliphatic rings. The van der Waals surface area contributed by atoms with Crippen molar-refractivity contribution in [3.05, 3.63) is 58.1 Å². The molecular weight excluding hydrogens is 274 g/mol. The maximum Gasteiger partial charge on any atom is 0.163 e. The first-order chi connectivity index (χ1) is 9.69. The summed E-state index contributed by atoms with van der Waals surface area (Å²) in [4.78, 5) is 11.7. The van der Waals surface area contributed by atoms with Gasteiger partial charge in [0.2, 0.25) is 0 Å². The van der Waals surface area contributed by atoms with Crippen LogP contribution in [0.5, 0.6) is 11.5 Å². The van der Waals surface area contributed by atoms with Crippen LogP contribution in [0, 0.1) is 11.3 Å². The first-order valence-corrected chi connectivity index (χ1v) is 6.59. The van der Waals surface area contributed by atoms with Gasteiger partial charge in [-0.25, -0.2) is 0 Å². The van der Waals surface area contributed by atoms with E-state index in [1.54, 1.807) is 36.4 Å². The highest BCUT2D eigenvalue weighted by Gasteiger charge is 2.23. The van der Waals surface area contributed by atoms with Crippen molar-refractivity contribution >= 4 is 17.4 Å². The molecule has 20 heavy (non-hydrogen) atoms. The molecule has 0 radical (unpaired) electrons. The zero-order chi connectivity index (χ0) is 14.1. The molecule has 0 fully saturated rings. The van der Waals surface area contributed by atoms with E-state index in [1.165, 1.54) is 0 Å². The predicted octanol–water partition coefficient (Wildman–Crippen LogP) is 4.13. The third kappa shape index (κ3) is 2.15. The third-order valence-electron chi connectivity index (χ3n) is 3.32. The van der Waals surface area contributed by atoms with Gasteiger partial charge in [-0.05, 0) is 24.6 Å². The molecule has 2 aromatic carbocycles. The second kappa shape index (κ2) is 4.99. The molecule has 3 rings (SSSR count). The molecule has 0 spiro atoms. The Labute approximate surface area is 121 Å². The number of carbonyl (C=O) groups excluding carboxylic acids is 1. The zero-order valence-electron chi connectivity index (χ0n) is 10.5. The summed E-state index contributed by atoms with van der Waals surface area (Å²) in [6, 6.07) is 12.3. The quantitative estimate of drug-likeness (QED) is 0.832. The Morgan fingerprint density at radius 3 is 2.80 bits per heavy atom. The molecule has 0 unspecified atom stereocenters. The molecule has 1 aliphatic carbocycles. The standard InChI is InChI=1S/C16H10ClNO2/c17-11-5-4-10(9-18)16(8-11)20-15-3-1-2-12-13(15)6-7-14(12)19/h1-5,8H,6-7H2. The summed E-state index contributed by atoms with van der Waals surface area (Å²) in [6.07, 6.45) is 1.18. The van der Waals surface area contributed by atoms with Gasteiger partial charge in [0, 0.05) is 28.6 Å². The molecule has 98 valence electrons. The van der Waals surface area contributed by atoms with Crippen LogP contribution in [0.2, 0.25) is 5.02 Å². The largest absolute Gasteiger partial charge is 0.456 e. The highest BCUT2D eigenvalue weighted by atomic mass is 35.5. The number of ether oxygens (including phenoxy) is 1. The minimum absolute atomic E-state index is 0.136. The number of carbonyl (C=O) groups is 1. The van der Waals surface area contributed by atoms with E-state index in [9.17, 15) is 4.79 Å². The molecular formula is C16H10ClNO2. The first kappa shape index (κ1) is 12.7. The number of hydrogen-bond donors (Lipinski definition) is 0. The summed E-state index contributed by atoms with van der Waals surface area (Å²) in [5, 5.41) is 9.60. The second-order valence-electron chi connectivity index (χ2n) is 4.56. The number of rotatable bonds is 2. The topological polar surface area (TPSA) is 50.1 Å².